The summed E-state index contributed by atoms with van der Waals surface area (Å²) in [6, 6.07) is 0.165. The fourth-order valence-corrected chi connectivity index (χ4v) is 1.33. The summed E-state index contributed by atoms with van der Waals surface area (Å²) in [5.41, 5.74) is 3.28. The highest BCUT2D eigenvalue weighted by molar-refractivity contribution is 5.31. The zero-order valence-electron chi connectivity index (χ0n) is 8.44. The first-order chi connectivity index (χ1) is 7.71. The van der Waals surface area contributed by atoms with Crippen molar-refractivity contribution in [1.29, 1.82) is 0 Å². The van der Waals surface area contributed by atoms with Crippen LogP contribution in [0.4, 0.5) is 26.3 Å². The van der Waals surface area contributed by atoms with E-state index in [2.05, 4.69) is 0 Å². The average molecular weight is 257 g/mol. The third kappa shape index (κ3) is 3.62. The average Bonchev–Trinajstić information content (AvgIpc) is 2.18. The van der Waals surface area contributed by atoms with Crippen LogP contribution in [0.25, 0.3) is 0 Å². The fourth-order valence-electron chi connectivity index (χ4n) is 1.33. The molecule has 0 aliphatic heterocycles. The van der Waals surface area contributed by atoms with Crippen molar-refractivity contribution < 1.29 is 26.3 Å². The molecule has 0 aliphatic rings. The molecule has 0 aromatic heterocycles. The van der Waals surface area contributed by atoms with E-state index < -0.39 is 42.0 Å². The van der Waals surface area contributed by atoms with Crippen LogP contribution in [0, 0.1) is 5.82 Å². The van der Waals surface area contributed by atoms with Crippen LogP contribution in [0.1, 0.15) is 11.1 Å². The van der Waals surface area contributed by atoms with Crippen LogP contribution in [0.2, 0.25) is 0 Å². The standard InChI is InChI=1S/C10H9F6N/c11-6-2-1-5(3-8(17)9(12)13)7(4-6)10(14,15)16/h1-2,4,8-9H,3,17H2. The van der Waals surface area contributed by atoms with Crippen molar-refractivity contribution in [2.45, 2.75) is 25.1 Å². The number of halogens is 6. The van der Waals surface area contributed by atoms with Gasteiger partial charge in [-0.3, -0.25) is 0 Å². The molecule has 96 valence electrons. The number of hydrogen-bond acceptors (Lipinski definition) is 1. The molecule has 0 amide bonds. The van der Waals surface area contributed by atoms with Crippen molar-refractivity contribution in [3.05, 3.63) is 35.1 Å². The second-order valence-corrected chi connectivity index (χ2v) is 3.50. The number of hydrogen-bond donors (Lipinski definition) is 1. The molecule has 0 bridgehead atoms. The molecular weight excluding hydrogens is 248 g/mol. The number of benzene rings is 1. The molecule has 1 rings (SSSR count). The predicted molar refractivity (Wildman–Crippen MR) is 49.1 cm³/mol. The van der Waals surface area contributed by atoms with Crippen LogP contribution in [-0.2, 0) is 12.6 Å². The molecule has 1 aromatic rings. The molecule has 0 heterocycles. The van der Waals surface area contributed by atoms with Crippen molar-refractivity contribution in [3.8, 4) is 0 Å². The Labute approximate surface area is 93.2 Å². The lowest BCUT2D eigenvalue weighted by atomic mass is 10.00. The smallest absolute Gasteiger partial charge is 0.323 e. The molecule has 1 aromatic carbocycles. The van der Waals surface area contributed by atoms with Gasteiger partial charge >= 0.3 is 6.18 Å². The van der Waals surface area contributed by atoms with Crippen molar-refractivity contribution in [1.82, 2.24) is 0 Å². The highest BCUT2D eigenvalue weighted by Crippen LogP contribution is 2.33. The summed E-state index contributed by atoms with van der Waals surface area (Å²) < 4.78 is 74.4. The van der Waals surface area contributed by atoms with E-state index in [0.29, 0.717) is 0 Å². The van der Waals surface area contributed by atoms with E-state index in [0.717, 1.165) is 12.1 Å². The van der Waals surface area contributed by atoms with E-state index in [9.17, 15) is 26.3 Å². The van der Waals surface area contributed by atoms with Gasteiger partial charge in [0.05, 0.1) is 11.6 Å². The molecular formula is C10H9F6N. The van der Waals surface area contributed by atoms with Crippen molar-refractivity contribution >= 4 is 0 Å². The van der Waals surface area contributed by atoms with Gasteiger partial charge in [-0.05, 0) is 24.1 Å². The molecule has 0 saturated heterocycles. The van der Waals surface area contributed by atoms with Crippen molar-refractivity contribution in [2.24, 2.45) is 5.73 Å². The molecule has 0 saturated carbocycles. The summed E-state index contributed by atoms with van der Waals surface area (Å²) in [6.45, 7) is 0. The Morgan fingerprint density at radius 2 is 1.76 bits per heavy atom. The quantitative estimate of drug-likeness (QED) is 0.828. The Hall–Kier alpha value is -1.24. The molecule has 1 nitrogen and oxygen atoms in total. The third-order valence-electron chi connectivity index (χ3n) is 2.16. The largest absolute Gasteiger partial charge is 0.416 e. The first-order valence-corrected chi connectivity index (χ1v) is 4.61. The van der Waals surface area contributed by atoms with Crippen molar-refractivity contribution in [3.63, 3.8) is 0 Å². The summed E-state index contributed by atoms with van der Waals surface area (Å²) in [6.07, 6.45) is -8.38. The maximum absolute atomic E-state index is 12.7. The predicted octanol–water partition coefficient (Wildman–Crippen LogP) is 2.98. The minimum Gasteiger partial charge on any atom is -0.323 e. The van der Waals surface area contributed by atoms with Crippen LogP contribution in [0.15, 0.2) is 18.2 Å². The minimum absolute atomic E-state index is 0.271. The molecule has 0 fully saturated rings. The van der Waals surface area contributed by atoms with Gasteiger partial charge in [0.25, 0.3) is 6.43 Å². The molecule has 1 atom stereocenters. The van der Waals surface area contributed by atoms with E-state index in [-0.39, 0.29) is 6.07 Å². The van der Waals surface area contributed by atoms with Gasteiger partial charge < -0.3 is 5.73 Å². The highest BCUT2D eigenvalue weighted by Gasteiger charge is 2.34. The monoisotopic (exact) mass is 257 g/mol. The first-order valence-electron chi connectivity index (χ1n) is 4.61. The molecule has 7 heteroatoms. The lowest BCUT2D eigenvalue weighted by Crippen LogP contribution is -2.31. The van der Waals surface area contributed by atoms with E-state index in [4.69, 9.17) is 5.73 Å². The van der Waals surface area contributed by atoms with Gasteiger partial charge in [-0.2, -0.15) is 13.2 Å². The fraction of sp³-hybridized carbons (Fsp3) is 0.400. The Kier molecular flexibility index (Phi) is 4.03. The van der Waals surface area contributed by atoms with Crippen LogP contribution < -0.4 is 5.73 Å². The van der Waals surface area contributed by atoms with Crippen LogP contribution in [0.3, 0.4) is 0 Å². The molecule has 0 radical (unpaired) electrons. The summed E-state index contributed by atoms with van der Waals surface area (Å²) in [5, 5.41) is 0. The Morgan fingerprint density at radius 3 is 2.24 bits per heavy atom. The Balaban J connectivity index is 3.07. The lowest BCUT2D eigenvalue weighted by Gasteiger charge is -2.16. The Morgan fingerprint density at radius 1 is 1.18 bits per heavy atom. The third-order valence-corrected chi connectivity index (χ3v) is 2.16. The number of rotatable bonds is 3. The molecule has 0 spiro atoms. The second kappa shape index (κ2) is 4.95. The maximum atomic E-state index is 12.7. The van der Waals surface area contributed by atoms with Gasteiger partial charge in [0.15, 0.2) is 0 Å². The number of alkyl halides is 5. The van der Waals surface area contributed by atoms with Gasteiger partial charge in [0, 0.05) is 0 Å². The summed E-state index contributed by atoms with van der Waals surface area (Å²) in [4.78, 5) is 0. The normalized spacial score (nSPS) is 14.1. The van der Waals surface area contributed by atoms with Crippen LogP contribution in [0.5, 0.6) is 0 Å². The summed E-state index contributed by atoms with van der Waals surface area (Å²) in [5.74, 6) is -1.08. The first kappa shape index (κ1) is 13.8. The molecule has 1 unspecified atom stereocenters. The Bertz CT molecular complexity index is 387. The molecule has 2 N–H and O–H groups in total. The molecule has 17 heavy (non-hydrogen) atoms. The second-order valence-electron chi connectivity index (χ2n) is 3.50. The topological polar surface area (TPSA) is 26.0 Å². The molecule has 0 aliphatic carbocycles. The van der Waals surface area contributed by atoms with Crippen molar-refractivity contribution in [2.75, 3.05) is 0 Å². The van der Waals surface area contributed by atoms with E-state index >= 15 is 0 Å². The van der Waals surface area contributed by atoms with Crippen LogP contribution in [-0.4, -0.2) is 12.5 Å². The maximum Gasteiger partial charge on any atom is 0.416 e. The van der Waals surface area contributed by atoms with Gasteiger partial charge in [-0.25, -0.2) is 13.2 Å². The van der Waals surface area contributed by atoms with E-state index in [1.54, 1.807) is 0 Å². The lowest BCUT2D eigenvalue weighted by molar-refractivity contribution is -0.138. The highest BCUT2D eigenvalue weighted by atomic mass is 19.4. The zero-order chi connectivity index (χ0) is 13.2. The summed E-state index contributed by atoms with van der Waals surface area (Å²) in [7, 11) is 0. The SMILES string of the molecule is NC(Cc1ccc(F)cc1C(F)(F)F)C(F)F. The van der Waals surface area contributed by atoms with Gasteiger partial charge in [-0.15, -0.1) is 0 Å². The number of nitrogens with two attached hydrogens (primary N) is 1. The van der Waals surface area contributed by atoms with E-state index in [1.807, 2.05) is 0 Å². The van der Waals surface area contributed by atoms with Gasteiger partial charge in [-0.1, -0.05) is 6.07 Å². The summed E-state index contributed by atoms with van der Waals surface area (Å²) >= 11 is 0. The zero-order valence-corrected chi connectivity index (χ0v) is 8.44. The van der Waals surface area contributed by atoms with E-state index in [1.165, 1.54) is 0 Å². The van der Waals surface area contributed by atoms with Crippen LogP contribution >= 0.6 is 0 Å². The minimum atomic E-state index is -4.79. The van der Waals surface area contributed by atoms with Gasteiger partial charge in [0.2, 0.25) is 0 Å². The van der Waals surface area contributed by atoms with Gasteiger partial charge in [0.1, 0.15) is 5.82 Å².